The summed E-state index contributed by atoms with van der Waals surface area (Å²) in [6.07, 6.45) is 0.156. The van der Waals surface area contributed by atoms with E-state index in [4.69, 9.17) is 38.9 Å². The summed E-state index contributed by atoms with van der Waals surface area (Å²) in [5.74, 6) is -0.526. The summed E-state index contributed by atoms with van der Waals surface area (Å²) in [7, 11) is 0. The van der Waals surface area contributed by atoms with Crippen molar-refractivity contribution in [2.45, 2.75) is 85.3 Å². The molecule has 0 saturated heterocycles. The molecule has 0 fully saturated rings. The fourth-order valence-electron chi connectivity index (χ4n) is 2.94. The standard InChI is InChI=1S/C28H43NO11/c1-6-8-13-34-27(32)39-23-11-10-21(17-24(23)40-28(33)35-14-9-7-2)16-22(29)25(30)38-20(5)18-37-26(31)36-15-12-19(3)4/h10-11,17,19-20,22H,6-9,12-16,18,29H2,1-5H3/t20-,22-/m0/s1. The van der Waals surface area contributed by atoms with Crippen LogP contribution < -0.4 is 15.2 Å². The molecule has 1 aromatic rings. The van der Waals surface area contributed by atoms with Crippen LogP contribution in [-0.2, 0) is 34.9 Å². The van der Waals surface area contributed by atoms with Gasteiger partial charge in [0.25, 0.3) is 0 Å². The minimum absolute atomic E-state index is 0.00607. The summed E-state index contributed by atoms with van der Waals surface area (Å²) < 4.78 is 35.6. The van der Waals surface area contributed by atoms with Gasteiger partial charge >= 0.3 is 24.4 Å². The van der Waals surface area contributed by atoms with Gasteiger partial charge in [-0.2, -0.15) is 0 Å². The van der Waals surface area contributed by atoms with Crippen LogP contribution in [0.1, 0.15) is 72.3 Å². The summed E-state index contributed by atoms with van der Waals surface area (Å²) in [4.78, 5) is 48.3. The predicted octanol–water partition coefficient (Wildman–Crippen LogP) is 5.32. The minimum atomic E-state index is -1.09. The molecule has 0 bridgehead atoms. The first kappa shape index (κ1) is 34.5. The molecule has 0 saturated carbocycles. The summed E-state index contributed by atoms with van der Waals surface area (Å²) in [6.45, 7) is 9.84. The Bertz CT molecular complexity index is 935. The first-order valence-corrected chi connectivity index (χ1v) is 13.6. The number of esters is 1. The smallest absolute Gasteiger partial charge is 0.458 e. The number of unbranched alkanes of at least 4 members (excludes halogenated alkanes) is 2. The Morgan fingerprint density at radius 1 is 0.775 bits per heavy atom. The SMILES string of the molecule is CCCCOC(=O)Oc1ccc(C[C@H](N)C(=O)O[C@@H](C)COC(=O)OCCC(C)C)cc1OC(=O)OCCCC. The lowest BCUT2D eigenvalue weighted by molar-refractivity contribution is -0.152. The monoisotopic (exact) mass is 569 g/mol. The van der Waals surface area contributed by atoms with Crippen molar-refractivity contribution in [3.8, 4) is 11.5 Å². The highest BCUT2D eigenvalue weighted by Gasteiger charge is 2.22. The summed E-state index contributed by atoms with van der Waals surface area (Å²) in [5, 5.41) is 0. The number of hydrogen-bond donors (Lipinski definition) is 1. The van der Waals surface area contributed by atoms with Gasteiger partial charge in [0.1, 0.15) is 18.8 Å². The number of carbonyl (C=O) groups excluding carboxylic acids is 4. The Hall–Kier alpha value is -3.54. The maximum absolute atomic E-state index is 12.5. The maximum atomic E-state index is 12.5. The molecule has 0 aliphatic carbocycles. The first-order valence-electron chi connectivity index (χ1n) is 13.6. The average Bonchev–Trinajstić information content (AvgIpc) is 2.89. The largest absolute Gasteiger partial charge is 0.513 e. The fraction of sp³-hybridized carbons (Fsp3) is 0.643. The molecule has 1 rings (SSSR count). The molecule has 0 aromatic heterocycles. The molecule has 40 heavy (non-hydrogen) atoms. The summed E-state index contributed by atoms with van der Waals surface area (Å²) in [5.41, 5.74) is 6.51. The predicted molar refractivity (Wildman–Crippen MR) is 144 cm³/mol. The van der Waals surface area contributed by atoms with E-state index >= 15 is 0 Å². The Balaban J connectivity index is 2.76. The average molecular weight is 570 g/mol. The van der Waals surface area contributed by atoms with Crippen LogP contribution in [0.2, 0.25) is 0 Å². The van der Waals surface area contributed by atoms with Gasteiger partial charge in [0.05, 0.1) is 19.8 Å². The quantitative estimate of drug-likeness (QED) is 0.111. The lowest BCUT2D eigenvalue weighted by atomic mass is 10.1. The second-order valence-electron chi connectivity index (χ2n) is 9.54. The highest BCUT2D eigenvalue weighted by molar-refractivity contribution is 5.76. The van der Waals surface area contributed by atoms with E-state index in [9.17, 15) is 19.2 Å². The maximum Gasteiger partial charge on any atom is 0.513 e. The third-order valence-corrected chi connectivity index (χ3v) is 5.26. The normalized spacial score (nSPS) is 12.2. The number of benzene rings is 1. The van der Waals surface area contributed by atoms with Crippen LogP contribution in [0.25, 0.3) is 0 Å². The number of rotatable bonds is 17. The van der Waals surface area contributed by atoms with Crippen LogP contribution in [0.5, 0.6) is 11.5 Å². The second-order valence-corrected chi connectivity index (χ2v) is 9.54. The van der Waals surface area contributed by atoms with Crippen molar-refractivity contribution in [3.63, 3.8) is 0 Å². The van der Waals surface area contributed by atoms with Crippen LogP contribution in [0.3, 0.4) is 0 Å². The third-order valence-electron chi connectivity index (χ3n) is 5.26. The van der Waals surface area contributed by atoms with Crippen molar-refractivity contribution in [1.82, 2.24) is 0 Å². The van der Waals surface area contributed by atoms with Gasteiger partial charge in [-0.1, -0.05) is 46.6 Å². The van der Waals surface area contributed by atoms with Crippen LogP contribution in [0, 0.1) is 5.92 Å². The minimum Gasteiger partial charge on any atom is -0.458 e. The molecule has 2 atom stereocenters. The van der Waals surface area contributed by atoms with E-state index in [1.165, 1.54) is 12.1 Å². The molecule has 0 heterocycles. The number of carbonyl (C=O) groups is 4. The van der Waals surface area contributed by atoms with E-state index in [0.29, 0.717) is 30.7 Å². The lowest BCUT2D eigenvalue weighted by Crippen LogP contribution is -2.37. The Morgan fingerprint density at radius 2 is 1.35 bits per heavy atom. The summed E-state index contributed by atoms with van der Waals surface area (Å²) >= 11 is 0. The molecule has 2 N–H and O–H groups in total. The Morgan fingerprint density at radius 3 is 1.93 bits per heavy atom. The van der Waals surface area contributed by atoms with E-state index in [2.05, 4.69) is 0 Å². The zero-order valence-corrected chi connectivity index (χ0v) is 24.1. The van der Waals surface area contributed by atoms with E-state index < -0.39 is 36.6 Å². The topological polar surface area (TPSA) is 159 Å². The van der Waals surface area contributed by atoms with Gasteiger partial charge in [0, 0.05) is 0 Å². The van der Waals surface area contributed by atoms with Crippen LogP contribution >= 0.6 is 0 Å². The van der Waals surface area contributed by atoms with Crippen molar-refractivity contribution in [2.75, 3.05) is 26.4 Å². The fourth-order valence-corrected chi connectivity index (χ4v) is 2.94. The molecule has 1 aromatic carbocycles. The molecule has 0 radical (unpaired) electrons. The van der Waals surface area contributed by atoms with Gasteiger partial charge < -0.3 is 38.9 Å². The van der Waals surface area contributed by atoms with E-state index in [-0.39, 0.29) is 44.3 Å². The van der Waals surface area contributed by atoms with Crippen molar-refractivity contribution >= 4 is 24.4 Å². The molecule has 0 aliphatic rings. The molecule has 0 amide bonds. The Kier molecular flexibility index (Phi) is 16.8. The van der Waals surface area contributed by atoms with Crippen LogP contribution in [0.15, 0.2) is 18.2 Å². The second kappa shape index (κ2) is 19.5. The summed E-state index contributed by atoms with van der Waals surface area (Å²) in [6, 6.07) is 3.26. The van der Waals surface area contributed by atoms with Crippen molar-refractivity contribution in [1.29, 1.82) is 0 Å². The van der Waals surface area contributed by atoms with E-state index in [0.717, 1.165) is 12.8 Å². The molecule has 12 nitrogen and oxygen atoms in total. The molecule has 12 heteroatoms. The Labute approximate surface area is 235 Å². The molecule has 0 unspecified atom stereocenters. The number of nitrogens with two attached hydrogens (primary N) is 1. The lowest BCUT2D eigenvalue weighted by Gasteiger charge is -2.17. The molecular formula is C28H43NO11. The highest BCUT2D eigenvalue weighted by Crippen LogP contribution is 2.30. The molecule has 0 spiro atoms. The van der Waals surface area contributed by atoms with Crippen LogP contribution in [0.4, 0.5) is 14.4 Å². The number of hydrogen-bond acceptors (Lipinski definition) is 12. The highest BCUT2D eigenvalue weighted by atomic mass is 16.7. The third kappa shape index (κ3) is 15.2. The van der Waals surface area contributed by atoms with Crippen molar-refractivity contribution in [3.05, 3.63) is 23.8 Å². The zero-order valence-electron chi connectivity index (χ0n) is 24.1. The first-order chi connectivity index (χ1) is 19.0. The molecular weight excluding hydrogens is 526 g/mol. The van der Waals surface area contributed by atoms with Crippen LogP contribution in [-0.4, -0.2) is 63.0 Å². The number of ether oxygens (including phenoxy) is 7. The van der Waals surface area contributed by atoms with Gasteiger partial charge in [-0.3, -0.25) is 4.79 Å². The van der Waals surface area contributed by atoms with Crippen molar-refractivity contribution in [2.24, 2.45) is 11.7 Å². The van der Waals surface area contributed by atoms with Gasteiger partial charge in [-0.15, -0.1) is 0 Å². The van der Waals surface area contributed by atoms with Gasteiger partial charge in [0.2, 0.25) is 0 Å². The van der Waals surface area contributed by atoms with Gasteiger partial charge in [0.15, 0.2) is 11.5 Å². The van der Waals surface area contributed by atoms with E-state index in [1.54, 1.807) is 13.0 Å². The van der Waals surface area contributed by atoms with Gasteiger partial charge in [-0.05, 0) is 56.2 Å². The molecule has 226 valence electrons. The molecule has 0 aliphatic heterocycles. The zero-order chi connectivity index (χ0) is 29.9. The van der Waals surface area contributed by atoms with Gasteiger partial charge in [-0.25, -0.2) is 14.4 Å². The van der Waals surface area contributed by atoms with Crippen molar-refractivity contribution < 1.29 is 52.3 Å². The van der Waals surface area contributed by atoms with E-state index in [1.807, 2.05) is 27.7 Å².